The average molecular weight is 304 g/mol. The van der Waals surface area contributed by atoms with Crippen LogP contribution in [0.4, 0.5) is 0 Å². The number of nitrogens with zero attached hydrogens (tertiary/aromatic N) is 4. The molecule has 6 nitrogen and oxygen atoms in total. The molecule has 110 valence electrons. The zero-order valence-electron chi connectivity index (χ0n) is 11.9. The minimum Gasteiger partial charge on any atom is -0.461 e. The Kier molecular flexibility index (Phi) is 2.87. The van der Waals surface area contributed by atoms with E-state index < -0.39 is 0 Å². The number of aromatic nitrogens is 4. The Hall–Kier alpha value is -1.73. The van der Waals surface area contributed by atoms with Crippen molar-refractivity contribution in [1.29, 1.82) is 0 Å². The molecule has 0 saturated carbocycles. The molecule has 1 aliphatic heterocycles. The van der Waals surface area contributed by atoms with E-state index in [4.69, 9.17) is 14.3 Å². The van der Waals surface area contributed by atoms with Crippen LogP contribution >= 0.6 is 11.3 Å². The third kappa shape index (κ3) is 2.26. The van der Waals surface area contributed by atoms with Crippen molar-refractivity contribution in [2.24, 2.45) is 0 Å². The zero-order valence-corrected chi connectivity index (χ0v) is 12.8. The molecule has 21 heavy (non-hydrogen) atoms. The largest absolute Gasteiger partial charge is 0.461 e. The molecule has 1 saturated heterocycles. The number of hydrogen-bond donors (Lipinski definition) is 0. The van der Waals surface area contributed by atoms with Crippen LogP contribution in [0.1, 0.15) is 37.6 Å². The molecule has 0 N–H and O–H groups in total. The van der Waals surface area contributed by atoms with Gasteiger partial charge in [-0.2, -0.15) is 9.61 Å². The summed E-state index contributed by atoms with van der Waals surface area (Å²) in [5.74, 6) is 1.76. The lowest BCUT2D eigenvalue weighted by Gasteiger charge is -2.34. The van der Waals surface area contributed by atoms with Gasteiger partial charge in [-0.15, -0.1) is 10.2 Å². The maximum Gasteiger partial charge on any atom is 0.235 e. The highest BCUT2D eigenvalue weighted by molar-refractivity contribution is 7.16. The predicted octanol–water partition coefficient (Wildman–Crippen LogP) is 3.12. The Labute approximate surface area is 125 Å². The molecule has 1 aliphatic rings. The Morgan fingerprint density at radius 2 is 2.29 bits per heavy atom. The van der Waals surface area contributed by atoms with E-state index in [-0.39, 0.29) is 5.60 Å². The second kappa shape index (κ2) is 4.64. The maximum absolute atomic E-state index is 5.78. The second-order valence-electron chi connectivity index (χ2n) is 5.93. The van der Waals surface area contributed by atoms with Gasteiger partial charge < -0.3 is 9.15 Å². The smallest absolute Gasteiger partial charge is 0.235 e. The minimum absolute atomic E-state index is 0.0846. The van der Waals surface area contributed by atoms with Gasteiger partial charge in [-0.25, -0.2) is 0 Å². The number of fused-ring (bicyclic) bond motifs is 1. The van der Waals surface area contributed by atoms with Crippen LogP contribution in [0.5, 0.6) is 0 Å². The molecule has 4 rings (SSSR count). The second-order valence-corrected chi connectivity index (χ2v) is 6.92. The van der Waals surface area contributed by atoms with Crippen molar-refractivity contribution in [1.82, 2.24) is 19.8 Å². The first-order chi connectivity index (χ1) is 10.1. The van der Waals surface area contributed by atoms with E-state index in [9.17, 15) is 0 Å². The fourth-order valence-corrected chi connectivity index (χ4v) is 3.77. The summed E-state index contributed by atoms with van der Waals surface area (Å²) in [4.78, 5) is 0.806. The average Bonchev–Trinajstić information content (AvgIpc) is 3.13. The van der Waals surface area contributed by atoms with E-state index in [0.717, 1.165) is 29.4 Å². The molecule has 0 aliphatic carbocycles. The molecule has 0 spiro atoms. The van der Waals surface area contributed by atoms with Crippen LogP contribution < -0.4 is 0 Å². The van der Waals surface area contributed by atoms with Crippen LogP contribution in [-0.4, -0.2) is 32.0 Å². The van der Waals surface area contributed by atoms with Crippen molar-refractivity contribution < 1.29 is 9.15 Å². The molecular weight excluding hydrogens is 288 g/mol. The first kappa shape index (κ1) is 13.0. The molecule has 4 heterocycles. The topological polar surface area (TPSA) is 65.5 Å². The van der Waals surface area contributed by atoms with Gasteiger partial charge >= 0.3 is 0 Å². The van der Waals surface area contributed by atoms with E-state index in [2.05, 4.69) is 24.0 Å². The molecule has 3 aromatic rings. The van der Waals surface area contributed by atoms with E-state index in [1.54, 1.807) is 22.1 Å². The summed E-state index contributed by atoms with van der Waals surface area (Å²) in [5.41, 5.74) is -0.0846. The summed E-state index contributed by atoms with van der Waals surface area (Å²) in [6.45, 7) is 5.05. The number of ether oxygens (including phenoxy) is 1. The van der Waals surface area contributed by atoms with Crippen molar-refractivity contribution in [3.05, 3.63) is 23.4 Å². The summed E-state index contributed by atoms with van der Waals surface area (Å²) in [5, 5.41) is 14.2. The van der Waals surface area contributed by atoms with Crippen molar-refractivity contribution in [2.75, 3.05) is 6.61 Å². The van der Waals surface area contributed by atoms with E-state index in [0.29, 0.717) is 17.5 Å². The van der Waals surface area contributed by atoms with Crippen LogP contribution in [0.15, 0.2) is 22.8 Å². The van der Waals surface area contributed by atoms with Gasteiger partial charge in [0, 0.05) is 12.5 Å². The van der Waals surface area contributed by atoms with E-state index in [1.165, 1.54) is 0 Å². The summed E-state index contributed by atoms with van der Waals surface area (Å²) >= 11 is 1.60. The lowest BCUT2D eigenvalue weighted by Crippen LogP contribution is -2.33. The van der Waals surface area contributed by atoms with Crippen molar-refractivity contribution in [3.63, 3.8) is 0 Å². The zero-order chi connectivity index (χ0) is 14.4. The van der Waals surface area contributed by atoms with Crippen molar-refractivity contribution in [3.8, 4) is 11.6 Å². The molecule has 0 aromatic carbocycles. The molecule has 1 atom stereocenters. The Morgan fingerprint density at radius 1 is 1.38 bits per heavy atom. The fourth-order valence-electron chi connectivity index (χ4n) is 2.80. The van der Waals surface area contributed by atoms with Gasteiger partial charge in [0.05, 0.1) is 11.9 Å². The molecule has 7 heteroatoms. The van der Waals surface area contributed by atoms with Gasteiger partial charge in [-0.1, -0.05) is 11.3 Å². The highest BCUT2D eigenvalue weighted by Gasteiger charge is 2.32. The van der Waals surface area contributed by atoms with Crippen LogP contribution in [0.2, 0.25) is 0 Å². The van der Waals surface area contributed by atoms with Crippen LogP contribution in [0, 0.1) is 0 Å². The third-order valence-electron chi connectivity index (χ3n) is 3.79. The molecule has 1 fully saturated rings. The Bertz CT molecular complexity index is 759. The summed E-state index contributed by atoms with van der Waals surface area (Å²) in [6, 6.07) is 3.71. The maximum atomic E-state index is 5.78. The third-order valence-corrected chi connectivity index (χ3v) is 4.86. The summed E-state index contributed by atoms with van der Waals surface area (Å²) < 4.78 is 13.0. The van der Waals surface area contributed by atoms with Crippen molar-refractivity contribution in [2.45, 2.75) is 38.2 Å². The first-order valence-electron chi connectivity index (χ1n) is 7.02. The standard InChI is InChI=1S/C14H16N4O2S/c1-14(2)8-9(5-7-20-14)12-17-18-11(10-4-3-6-19-10)15-16-13(18)21-12/h3-4,6,9H,5,7-8H2,1-2H3. The van der Waals surface area contributed by atoms with Crippen LogP contribution in [-0.2, 0) is 4.74 Å². The van der Waals surface area contributed by atoms with Gasteiger partial charge in [0.15, 0.2) is 5.76 Å². The highest BCUT2D eigenvalue weighted by Crippen LogP contribution is 2.37. The highest BCUT2D eigenvalue weighted by atomic mass is 32.1. The molecule has 0 bridgehead atoms. The minimum atomic E-state index is -0.0846. The Morgan fingerprint density at radius 3 is 3.05 bits per heavy atom. The van der Waals surface area contributed by atoms with Crippen molar-refractivity contribution >= 4 is 16.3 Å². The number of hydrogen-bond acceptors (Lipinski definition) is 6. The molecule has 0 amide bonds. The number of furan rings is 1. The lowest BCUT2D eigenvalue weighted by atomic mass is 9.89. The summed E-state index contributed by atoms with van der Waals surface area (Å²) in [6.07, 6.45) is 3.61. The van der Waals surface area contributed by atoms with Gasteiger partial charge in [0.1, 0.15) is 5.01 Å². The molecular formula is C14H16N4O2S. The quantitative estimate of drug-likeness (QED) is 0.728. The van der Waals surface area contributed by atoms with Crippen LogP contribution in [0.25, 0.3) is 16.5 Å². The summed E-state index contributed by atoms with van der Waals surface area (Å²) in [7, 11) is 0. The normalized spacial score (nSPS) is 21.9. The monoisotopic (exact) mass is 304 g/mol. The van der Waals surface area contributed by atoms with Gasteiger partial charge in [-0.05, 0) is 38.8 Å². The van der Waals surface area contributed by atoms with E-state index in [1.807, 2.05) is 12.1 Å². The van der Waals surface area contributed by atoms with Gasteiger partial charge in [0.25, 0.3) is 0 Å². The molecule has 3 aromatic heterocycles. The van der Waals surface area contributed by atoms with Gasteiger partial charge in [0.2, 0.25) is 10.8 Å². The lowest BCUT2D eigenvalue weighted by molar-refractivity contribution is -0.0593. The van der Waals surface area contributed by atoms with Gasteiger partial charge in [-0.3, -0.25) is 0 Å². The predicted molar refractivity (Wildman–Crippen MR) is 78.4 cm³/mol. The van der Waals surface area contributed by atoms with Crippen LogP contribution in [0.3, 0.4) is 0 Å². The fraction of sp³-hybridized carbons (Fsp3) is 0.500. The molecule has 0 radical (unpaired) electrons. The number of rotatable bonds is 2. The SMILES string of the molecule is CC1(C)CC(c2nn3c(-c4ccco4)nnc3s2)CCO1. The van der Waals surface area contributed by atoms with E-state index >= 15 is 0 Å². The Balaban J connectivity index is 1.71. The molecule has 1 unspecified atom stereocenters. The first-order valence-corrected chi connectivity index (χ1v) is 7.84.